The fourth-order valence-electron chi connectivity index (χ4n) is 3.65. The Balaban J connectivity index is 1.23. The van der Waals surface area contributed by atoms with Crippen LogP contribution in [0.4, 0.5) is 22.4 Å². The fourth-order valence-corrected chi connectivity index (χ4v) is 3.65. The second-order valence-corrected chi connectivity index (χ2v) is 7.37. The van der Waals surface area contributed by atoms with Gasteiger partial charge >= 0.3 is 12.2 Å². The van der Waals surface area contributed by atoms with Crippen molar-refractivity contribution < 1.29 is 22.4 Å². The number of alkyl halides is 3. The van der Waals surface area contributed by atoms with Crippen LogP contribution in [0.15, 0.2) is 24.5 Å². The average Bonchev–Trinajstić information content (AvgIpc) is 3.31. The minimum absolute atomic E-state index is 0.0201. The zero-order valence-corrected chi connectivity index (χ0v) is 15.4. The lowest BCUT2D eigenvalue weighted by molar-refractivity contribution is -0.137. The van der Waals surface area contributed by atoms with Crippen molar-refractivity contribution in [3.63, 3.8) is 0 Å². The normalized spacial score (nSPS) is 20.2. The molecule has 2 aliphatic heterocycles. The van der Waals surface area contributed by atoms with Crippen molar-refractivity contribution in [2.24, 2.45) is 0 Å². The van der Waals surface area contributed by atoms with Crippen molar-refractivity contribution in [1.82, 2.24) is 30.3 Å². The molecule has 2 amide bonds. The molecule has 4 rings (SSSR count). The van der Waals surface area contributed by atoms with E-state index in [9.17, 15) is 22.4 Å². The van der Waals surface area contributed by atoms with E-state index in [1.54, 1.807) is 9.80 Å². The summed E-state index contributed by atoms with van der Waals surface area (Å²) in [4.78, 5) is 20.2. The molecule has 2 saturated heterocycles. The maximum absolute atomic E-state index is 13.9. The lowest BCUT2D eigenvalue weighted by Gasteiger charge is -2.41. The van der Waals surface area contributed by atoms with Crippen molar-refractivity contribution in [2.45, 2.75) is 31.1 Å². The highest BCUT2D eigenvalue weighted by Gasteiger charge is 2.37. The topological polar surface area (TPSA) is 77.2 Å². The predicted octanol–water partition coefficient (Wildman–Crippen LogP) is 2.35. The third-order valence-electron chi connectivity index (χ3n) is 5.39. The molecular formula is C18H20F4N6O. The lowest BCUT2D eigenvalue weighted by Crippen LogP contribution is -2.62. The summed E-state index contributed by atoms with van der Waals surface area (Å²) in [7, 11) is 0. The number of halogens is 4. The number of hydrogen-bond donors (Lipinski definition) is 2. The average molecular weight is 412 g/mol. The monoisotopic (exact) mass is 412 g/mol. The minimum Gasteiger partial charge on any atom is -0.324 e. The standard InChI is InChI=1S/C18H20F4N6O/c19-15-5-13(18(20,21)22)2-1-11(15)6-23-14-8-28(9-14)17(29)27-4-3-12(7-27)16-24-10-25-26-16/h1-2,5,10,12,14,23H,3-4,6-9H2,(H,24,25,26). The minimum atomic E-state index is -4.57. The second kappa shape index (κ2) is 7.62. The van der Waals surface area contributed by atoms with Crippen LogP contribution in [-0.2, 0) is 12.7 Å². The number of amides is 2. The molecule has 1 aromatic heterocycles. The summed E-state index contributed by atoms with van der Waals surface area (Å²) < 4.78 is 51.7. The molecule has 0 aliphatic carbocycles. The first-order valence-corrected chi connectivity index (χ1v) is 9.29. The van der Waals surface area contributed by atoms with Gasteiger partial charge in [0.25, 0.3) is 0 Å². The van der Waals surface area contributed by atoms with Crippen LogP contribution in [0.2, 0.25) is 0 Å². The molecule has 7 nitrogen and oxygen atoms in total. The molecule has 3 heterocycles. The van der Waals surface area contributed by atoms with Crippen LogP contribution in [0.1, 0.15) is 29.3 Å². The molecule has 0 bridgehead atoms. The van der Waals surface area contributed by atoms with E-state index in [1.807, 2.05) is 0 Å². The van der Waals surface area contributed by atoms with Gasteiger partial charge < -0.3 is 15.1 Å². The van der Waals surface area contributed by atoms with Gasteiger partial charge in [0.1, 0.15) is 18.0 Å². The van der Waals surface area contributed by atoms with Gasteiger partial charge in [-0.2, -0.15) is 18.3 Å². The van der Waals surface area contributed by atoms with Crippen LogP contribution in [0.3, 0.4) is 0 Å². The van der Waals surface area contributed by atoms with Gasteiger partial charge in [0.05, 0.1) is 5.56 Å². The molecule has 29 heavy (non-hydrogen) atoms. The van der Waals surface area contributed by atoms with E-state index >= 15 is 0 Å². The molecule has 156 valence electrons. The van der Waals surface area contributed by atoms with Crippen LogP contribution in [-0.4, -0.2) is 63.2 Å². The summed E-state index contributed by atoms with van der Waals surface area (Å²) >= 11 is 0. The molecule has 2 N–H and O–H groups in total. The van der Waals surface area contributed by atoms with Crippen LogP contribution < -0.4 is 5.32 Å². The maximum Gasteiger partial charge on any atom is 0.416 e. The van der Waals surface area contributed by atoms with Crippen molar-refractivity contribution >= 4 is 6.03 Å². The fraction of sp³-hybridized carbons (Fsp3) is 0.500. The number of urea groups is 1. The van der Waals surface area contributed by atoms with Gasteiger partial charge in [-0.15, -0.1) is 0 Å². The first kappa shape index (κ1) is 19.6. The summed E-state index contributed by atoms with van der Waals surface area (Å²) in [5.41, 5.74) is -0.842. The molecule has 1 atom stereocenters. The Labute approximate surface area is 164 Å². The Bertz CT molecular complexity index is 866. The van der Waals surface area contributed by atoms with Crippen LogP contribution in [0.25, 0.3) is 0 Å². The molecule has 2 fully saturated rings. The summed E-state index contributed by atoms with van der Waals surface area (Å²) in [5.74, 6) is 0.0384. The number of aromatic amines is 1. The molecule has 2 aliphatic rings. The van der Waals surface area contributed by atoms with Gasteiger partial charge in [-0.05, 0) is 18.6 Å². The first-order valence-electron chi connectivity index (χ1n) is 9.29. The van der Waals surface area contributed by atoms with Gasteiger partial charge in [-0.1, -0.05) is 6.07 Å². The van der Waals surface area contributed by atoms with Crippen LogP contribution in [0, 0.1) is 5.82 Å². The molecular weight excluding hydrogens is 392 g/mol. The van der Waals surface area contributed by atoms with E-state index in [0.29, 0.717) is 32.2 Å². The van der Waals surface area contributed by atoms with Gasteiger partial charge in [0.15, 0.2) is 0 Å². The highest BCUT2D eigenvalue weighted by molar-refractivity contribution is 5.76. The summed E-state index contributed by atoms with van der Waals surface area (Å²) in [5, 5.41) is 9.76. The number of aromatic nitrogens is 3. The SMILES string of the molecule is O=C(N1CC(NCc2ccc(C(F)(F)F)cc2F)C1)N1CCC(c2ncn[nH]2)C1. The number of H-pyrrole nitrogens is 1. The summed E-state index contributed by atoms with van der Waals surface area (Å²) in [6, 6.07) is 2.45. The Morgan fingerprint density at radius 2 is 2.03 bits per heavy atom. The number of hydrogen-bond acceptors (Lipinski definition) is 4. The number of rotatable bonds is 4. The van der Waals surface area contributed by atoms with Gasteiger partial charge in [-0.3, -0.25) is 5.10 Å². The number of benzene rings is 1. The molecule has 2 aromatic rings. The third-order valence-corrected chi connectivity index (χ3v) is 5.39. The van der Waals surface area contributed by atoms with E-state index in [-0.39, 0.29) is 30.1 Å². The predicted molar refractivity (Wildman–Crippen MR) is 94.3 cm³/mol. The quantitative estimate of drug-likeness (QED) is 0.756. The highest BCUT2D eigenvalue weighted by Crippen LogP contribution is 2.30. The molecule has 0 spiro atoms. The zero-order chi connectivity index (χ0) is 20.6. The third kappa shape index (κ3) is 4.19. The van der Waals surface area contributed by atoms with Gasteiger partial charge in [0.2, 0.25) is 0 Å². The lowest BCUT2D eigenvalue weighted by atomic mass is 10.1. The van der Waals surface area contributed by atoms with Gasteiger partial charge in [0, 0.05) is 50.2 Å². The summed E-state index contributed by atoms with van der Waals surface area (Å²) in [6.45, 7) is 2.29. The van der Waals surface area contributed by atoms with Crippen LogP contribution >= 0.6 is 0 Å². The number of nitrogens with one attached hydrogen (secondary N) is 2. The van der Waals surface area contributed by atoms with E-state index in [2.05, 4.69) is 20.5 Å². The Kier molecular flexibility index (Phi) is 5.15. The van der Waals surface area contributed by atoms with Crippen molar-refractivity contribution in [3.8, 4) is 0 Å². The second-order valence-electron chi connectivity index (χ2n) is 7.37. The molecule has 11 heteroatoms. The molecule has 1 unspecified atom stereocenters. The van der Waals surface area contributed by atoms with E-state index in [0.717, 1.165) is 24.4 Å². The van der Waals surface area contributed by atoms with Crippen molar-refractivity contribution in [1.29, 1.82) is 0 Å². The Hall–Kier alpha value is -2.69. The highest BCUT2D eigenvalue weighted by atomic mass is 19.4. The van der Waals surface area contributed by atoms with E-state index < -0.39 is 17.6 Å². The van der Waals surface area contributed by atoms with Crippen LogP contribution in [0.5, 0.6) is 0 Å². The number of nitrogens with zero attached hydrogens (tertiary/aromatic N) is 4. The first-order chi connectivity index (χ1) is 13.8. The largest absolute Gasteiger partial charge is 0.416 e. The Morgan fingerprint density at radius 3 is 2.69 bits per heavy atom. The molecule has 1 aromatic carbocycles. The maximum atomic E-state index is 13.9. The molecule has 0 radical (unpaired) electrons. The summed E-state index contributed by atoms with van der Waals surface area (Å²) in [6.07, 6.45) is -2.29. The van der Waals surface area contributed by atoms with E-state index in [4.69, 9.17) is 0 Å². The van der Waals surface area contributed by atoms with E-state index in [1.165, 1.54) is 6.33 Å². The molecule has 0 saturated carbocycles. The zero-order valence-electron chi connectivity index (χ0n) is 15.4. The Morgan fingerprint density at radius 1 is 1.24 bits per heavy atom. The number of carbonyl (C=O) groups excluding carboxylic acids is 1. The van der Waals surface area contributed by atoms with Gasteiger partial charge in [-0.25, -0.2) is 14.2 Å². The number of likely N-dealkylation sites (tertiary alicyclic amines) is 2. The number of carbonyl (C=O) groups is 1. The van der Waals surface area contributed by atoms with Crippen molar-refractivity contribution in [2.75, 3.05) is 26.2 Å². The van der Waals surface area contributed by atoms with Crippen molar-refractivity contribution in [3.05, 3.63) is 47.3 Å². The smallest absolute Gasteiger partial charge is 0.324 e.